The standard InChI is InChI=1S/C33H36IN3O6/c34-23-17-15-22(16-18-23)8-7-14-30(38)36-20-31(39)37-29(32(40)41)13-5-6-19-35-33(42)43-21-28-26-11-3-1-9-24(26)25-10-2-4-12-27(25)28/h1-4,9-12,15-18,28-29H,5-8,13-14,19-21H2,(H,35,42)(H,36,38)(H,37,39)(H,40,41)/t29-/m0/s1. The molecule has 3 amide bonds. The number of hydrogen-bond donors (Lipinski definition) is 4. The first kappa shape index (κ1) is 32.0. The topological polar surface area (TPSA) is 134 Å². The molecular weight excluding hydrogens is 661 g/mol. The highest BCUT2D eigenvalue weighted by Gasteiger charge is 2.29. The summed E-state index contributed by atoms with van der Waals surface area (Å²) >= 11 is 2.24. The van der Waals surface area contributed by atoms with Gasteiger partial charge in [0.15, 0.2) is 0 Å². The number of hydrogen-bond acceptors (Lipinski definition) is 5. The second-order valence-corrected chi connectivity index (χ2v) is 11.7. The first-order valence-electron chi connectivity index (χ1n) is 14.4. The third-order valence-electron chi connectivity index (χ3n) is 7.39. The average molecular weight is 698 g/mol. The summed E-state index contributed by atoms with van der Waals surface area (Å²) in [6.07, 6.45) is 2.32. The van der Waals surface area contributed by atoms with E-state index in [1.54, 1.807) is 0 Å². The number of nitrogens with one attached hydrogen (secondary N) is 3. The Morgan fingerprint density at radius 2 is 1.47 bits per heavy atom. The van der Waals surface area contributed by atoms with Gasteiger partial charge in [-0.2, -0.15) is 0 Å². The van der Waals surface area contributed by atoms with E-state index in [-0.39, 0.29) is 37.8 Å². The maximum Gasteiger partial charge on any atom is 0.407 e. The SMILES string of the molecule is O=C(CCCc1ccc(I)cc1)NCC(=O)N[C@@H](CCCCNC(=O)OCC1c2ccccc2-c2ccccc21)C(=O)O. The van der Waals surface area contributed by atoms with E-state index in [1.807, 2.05) is 48.5 Å². The molecule has 10 heteroatoms. The van der Waals surface area contributed by atoms with Gasteiger partial charge >= 0.3 is 12.1 Å². The van der Waals surface area contributed by atoms with Crippen LogP contribution in [0.5, 0.6) is 0 Å². The number of aliphatic carboxylic acids is 1. The second kappa shape index (κ2) is 16.1. The number of carboxylic acid groups (broad SMARTS) is 1. The fraction of sp³-hybridized carbons (Fsp3) is 0.333. The lowest BCUT2D eigenvalue weighted by Gasteiger charge is -2.16. The molecule has 1 aliphatic rings. The fourth-order valence-electron chi connectivity index (χ4n) is 5.19. The molecule has 3 aromatic carbocycles. The van der Waals surface area contributed by atoms with Crippen LogP contribution in [-0.2, 0) is 25.5 Å². The molecule has 0 aromatic heterocycles. The maximum absolute atomic E-state index is 12.3. The van der Waals surface area contributed by atoms with Crippen LogP contribution < -0.4 is 16.0 Å². The van der Waals surface area contributed by atoms with E-state index >= 15 is 0 Å². The lowest BCUT2D eigenvalue weighted by molar-refractivity contribution is -0.142. The molecule has 1 atom stereocenters. The van der Waals surface area contributed by atoms with Crippen molar-refractivity contribution >= 4 is 46.5 Å². The van der Waals surface area contributed by atoms with Crippen LogP contribution in [0.15, 0.2) is 72.8 Å². The van der Waals surface area contributed by atoms with Gasteiger partial charge < -0.3 is 25.8 Å². The molecule has 0 unspecified atom stereocenters. The van der Waals surface area contributed by atoms with Gasteiger partial charge in [-0.15, -0.1) is 0 Å². The lowest BCUT2D eigenvalue weighted by Crippen LogP contribution is -2.45. The number of fused-ring (bicyclic) bond motifs is 3. The molecule has 0 spiro atoms. The van der Waals surface area contributed by atoms with Crippen LogP contribution in [0.4, 0.5) is 4.79 Å². The molecule has 0 heterocycles. The molecule has 0 bridgehead atoms. The molecule has 0 aliphatic heterocycles. The summed E-state index contributed by atoms with van der Waals surface area (Å²) in [6, 6.07) is 23.2. The Bertz CT molecular complexity index is 1380. The Hall–Kier alpha value is -3.93. The molecule has 3 aromatic rings. The fourth-order valence-corrected chi connectivity index (χ4v) is 5.55. The maximum atomic E-state index is 12.3. The van der Waals surface area contributed by atoms with Crippen LogP contribution in [-0.4, -0.2) is 54.7 Å². The van der Waals surface area contributed by atoms with Gasteiger partial charge in [-0.3, -0.25) is 9.59 Å². The first-order chi connectivity index (χ1) is 20.8. The number of ether oxygens (including phenoxy) is 1. The minimum atomic E-state index is -1.15. The van der Waals surface area contributed by atoms with E-state index in [0.717, 1.165) is 37.8 Å². The first-order valence-corrected chi connectivity index (χ1v) is 15.5. The van der Waals surface area contributed by atoms with Crippen molar-refractivity contribution in [1.29, 1.82) is 0 Å². The number of rotatable bonds is 15. The van der Waals surface area contributed by atoms with E-state index in [9.17, 15) is 24.3 Å². The highest BCUT2D eigenvalue weighted by molar-refractivity contribution is 14.1. The van der Waals surface area contributed by atoms with Gasteiger partial charge in [0.1, 0.15) is 12.6 Å². The third-order valence-corrected chi connectivity index (χ3v) is 8.11. The molecule has 43 heavy (non-hydrogen) atoms. The smallest absolute Gasteiger partial charge is 0.407 e. The van der Waals surface area contributed by atoms with E-state index in [2.05, 4.69) is 62.8 Å². The molecule has 4 rings (SSSR count). The Labute approximate surface area is 264 Å². The summed E-state index contributed by atoms with van der Waals surface area (Å²) in [5, 5.41) is 17.2. The summed E-state index contributed by atoms with van der Waals surface area (Å²) in [4.78, 5) is 48.3. The molecular formula is C33H36IN3O6. The van der Waals surface area contributed by atoms with E-state index in [4.69, 9.17) is 4.74 Å². The summed E-state index contributed by atoms with van der Waals surface area (Å²) in [7, 11) is 0. The number of aryl methyl sites for hydroxylation is 1. The Balaban J connectivity index is 1.09. The minimum absolute atomic E-state index is 0.0266. The summed E-state index contributed by atoms with van der Waals surface area (Å²) < 4.78 is 6.67. The van der Waals surface area contributed by atoms with Crippen LogP contribution in [0.3, 0.4) is 0 Å². The zero-order chi connectivity index (χ0) is 30.6. The van der Waals surface area contributed by atoms with Crippen LogP contribution in [0.2, 0.25) is 0 Å². The van der Waals surface area contributed by atoms with Crippen molar-refractivity contribution in [3.05, 3.63) is 93.1 Å². The highest BCUT2D eigenvalue weighted by Crippen LogP contribution is 2.44. The van der Waals surface area contributed by atoms with E-state index in [1.165, 1.54) is 0 Å². The Morgan fingerprint density at radius 1 is 0.814 bits per heavy atom. The van der Waals surface area contributed by atoms with Crippen molar-refractivity contribution in [2.45, 2.75) is 50.5 Å². The predicted octanol–water partition coefficient (Wildman–Crippen LogP) is 5.01. The number of carboxylic acids is 1. The predicted molar refractivity (Wildman–Crippen MR) is 172 cm³/mol. The van der Waals surface area contributed by atoms with Gasteiger partial charge in [-0.25, -0.2) is 9.59 Å². The quantitative estimate of drug-likeness (QED) is 0.130. The van der Waals surface area contributed by atoms with Crippen LogP contribution >= 0.6 is 22.6 Å². The number of alkyl carbamates (subject to hydrolysis) is 1. The molecule has 9 nitrogen and oxygen atoms in total. The minimum Gasteiger partial charge on any atom is -0.480 e. The van der Waals surface area contributed by atoms with Crippen molar-refractivity contribution < 1.29 is 29.0 Å². The largest absolute Gasteiger partial charge is 0.480 e. The molecule has 1 aliphatic carbocycles. The van der Waals surface area contributed by atoms with Crippen molar-refractivity contribution in [3.8, 4) is 11.1 Å². The molecule has 0 fully saturated rings. The Kier molecular flexibility index (Phi) is 12.0. The molecule has 0 saturated carbocycles. The average Bonchev–Trinajstić information content (AvgIpc) is 3.32. The van der Waals surface area contributed by atoms with E-state index in [0.29, 0.717) is 25.8 Å². The van der Waals surface area contributed by atoms with Crippen molar-refractivity contribution in [1.82, 2.24) is 16.0 Å². The number of unbranched alkanes of at least 4 members (excludes halogenated alkanes) is 1. The second-order valence-electron chi connectivity index (χ2n) is 10.5. The van der Waals surface area contributed by atoms with Gasteiger partial charge in [0.2, 0.25) is 11.8 Å². The van der Waals surface area contributed by atoms with Crippen molar-refractivity contribution in [2.75, 3.05) is 19.7 Å². The normalized spacial score (nSPS) is 12.5. The molecule has 0 radical (unpaired) electrons. The monoisotopic (exact) mass is 697 g/mol. The van der Waals surface area contributed by atoms with Gasteiger partial charge in [-0.05, 0) is 94.6 Å². The van der Waals surface area contributed by atoms with Crippen LogP contribution in [0.1, 0.15) is 54.7 Å². The molecule has 4 N–H and O–H groups in total. The van der Waals surface area contributed by atoms with Crippen LogP contribution in [0, 0.1) is 3.57 Å². The van der Waals surface area contributed by atoms with Gasteiger partial charge in [-0.1, -0.05) is 60.7 Å². The molecule has 226 valence electrons. The lowest BCUT2D eigenvalue weighted by atomic mass is 9.98. The number of amides is 3. The summed E-state index contributed by atoms with van der Waals surface area (Å²) in [6.45, 7) is 0.251. The number of benzene rings is 3. The Morgan fingerprint density at radius 3 is 2.12 bits per heavy atom. The van der Waals surface area contributed by atoms with Crippen molar-refractivity contribution in [3.63, 3.8) is 0 Å². The number of carbonyl (C=O) groups excluding carboxylic acids is 3. The van der Waals surface area contributed by atoms with Gasteiger partial charge in [0, 0.05) is 22.5 Å². The third kappa shape index (κ3) is 9.54. The van der Waals surface area contributed by atoms with E-state index < -0.39 is 24.0 Å². The number of halogens is 1. The zero-order valence-corrected chi connectivity index (χ0v) is 26.0. The van der Waals surface area contributed by atoms with Gasteiger partial charge in [0.25, 0.3) is 0 Å². The zero-order valence-electron chi connectivity index (χ0n) is 23.8. The van der Waals surface area contributed by atoms with Gasteiger partial charge in [0.05, 0.1) is 6.54 Å². The highest BCUT2D eigenvalue weighted by atomic mass is 127. The number of carbonyl (C=O) groups is 4. The van der Waals surface area contributed by atoms with Crippen LogP contribution in [0.25, 0.3) is 11.1 Å². The summed E-state index contributed by atoms with van der Waals surface area (Å²) in [5.41, 5.74) is 5.72. The summed E-state index contributed by atoms with van der Waals surface area (Å²) in [5.74, 6) is -2.00. The van der Waals surface area contributed by atoms with Crippen molar-refractivity contribution in [2.24, 2.45) is 0 Å². The molecule has 0 saturated heterocycles.